The van der Waals surface area contributed by atoms with E-state index in [1.807, 2.05) is 13.8 Å². The summed E-state index contributed by atoms with van der Waals surface area (Å²) in [5, 5.41) is 5.84. The summed E-state index contributed by atoms with van der Waals surface area (Å²) in [5.74, 6) is 0.835. The summed E-state index contributed by atoms with van der Waals surface area (Å²) in [5.41, 5.74) is 0.245. The van der Waals surface area contributed by atoms with Crippen molar-refractivity contribution in [2.75, 3.05) is 16.8 Å². The Bertz CT molecular complexity index is 643. The van der Waals surface area contributed by atoms with Crippen molar-refractivity contribution in [3.63, 3.8) is 0 Å². The van der Waals surface area contributed by atoms with Crippen molar-refractivity contribution in [3.05, 3.63) is 17.6 Å². The zero-order valence-electron chi connectivity index (χ0n) is 12.4. The van der Waals surface area contributed by atoms with E-state index in [-0.39, 0.29) is 35.2 Å². The van der Waals surface area contributed by atoms with Gasteiger partial charge in [-0.15, -0.1) is 0 Å². The summed E-state index contributed by atoms with van der Waals surface area (Å²) in [6.45, 7) is 5.66. The van der Waals surface area contributed by atoms with Crippen LogP contribution in [-0.4, -0.2) is 47.9 Å². The van der Waals surface area contributed by atoms with Crippen LogP contribution in [0.1, 0.15) is 36.6 Å². The van der Waals surface area contributed by atoms with Crippen LogP contribution in [0.15, 0.2) is 6.07 Å². The number of nitrogens with one attached hydrogen (secondary N) is 2. The van der Waals surface area contributed by atoms with Crippen LogP contribution in [0.2, 0.25) is 0 Å². The van der Waals surface area contributed by atoms with Crippen molar-refractivity contribution in [3.8, 4) is 0 Å². The molecule has 1 saturated heterocycles. The van der Waals surface area contributed by atoms with Crippen molar-refractivity contribution < 1.29 is 13.2 Å². The van der Waals surface area contributed by atoms with Crippen LogP contribution < -0.4 is 10.6 Å². The molecule has 1 aliphatic rings. The van der Waals surface area contributed by atoms with Crippen LogP contribution in [0.25, 0.3) is 0 Å². The molecule has 0 saturated carbocycles. The topological polar surface area (TPSA) is 101 Å². The summed E-state index contributed by atoms with van der Waals surface area (Å²) in [6.07, 6.45) is 0.454. The molecule has 1 atom stereocenters. The average molecular weight is 312 g/mol. The molecule has 1 aromatic heterocycles. The summed E-state index contributed by atoms with van der Waals surface area (Å²) in [6, 6.07) is 1.43. The van der Waals surface area contributed by atoms with Gasteiger partial charge in [0.1, 0.15) is 17.3 Å². The minimum Gasteiger partial charge on any atom is -0.368 e. The molecule has 0 bridgehead atoms. The second kappa shape index (κ2) is 5.97. The van der Waals surface area contributed by atoms with Gasteiger partial charge in [0.25, 0.3) is 5.91 Å². The van der Waals surface area contributed by atoms with Crippen LogP contribution in [0.5, 0.6) is 0 Å². The van der Waals surface area contributed by atoms with E-state index >= 15 is 0 Å². The summed E-state index contributed by atoms with van der Waals surface area (Å²) in [7, 11) is -3.02. The number of aromatic nitrogens is 2. The van der Waals surface area contributed by atoms with Gasteiger partial charge in [0.05, 0.1) is 11.5 Å². The highest BCUT2D eigenvalue weighted by Crippen LogP contribution is 2.13. The minimum absolute atomic E-state index is 0.0000923. The molecule has 0 aromatic carbocycles. The van der Waals surface area contributed by atoms with E-state index in [0.717, 1.165) is 0 Å². The number of hydrogen-bond donors (Lipinski definition) is 2. The number of carbonyl (C=O) groups excluding carboxylic acids is 1. The van der Waals surface area contributed by atoms with Crippen LogP contribution in [0.4, 0.5) is 5.82 Å². The quantitative estimate of drug-likeness (QED) is 0.840. The first-order valence-electron chi connectivity index (χ1n) is 6.89. The third-order valence-electron chi connectivity index (χ3n) is 3.07. The van der Waals surface area contributed by atoms with Gasteiger partial charge in [-0.1, -0.05) is 0 Å². The molecule has 1 aromatic rings. The van der Waals surface area contributed by atoms with E-state index in [4.69, 9.17) is 0 Å². The third kappa shape index (κ3) is 4.38. The Morgan fingerprint density at radius 2 is 2.10 bits per heavy atom. The second-order valence-electron chi connectivity index (χ2n) is 5.56. The van der Waals surface area contributed by atoms with Gasteiger partial charge in [-0.05, 0) is 27.2 Å². The van der Waals surface area contributed by atoms with E-state index < -0.39 is 9.84 Å². The maximum Gasteiger partial charge on any atom is 0.270 e. The average Bonchev–Trinajstić information content (AvgIpc) is 2.66. The normalized spacial score (nSPS) is 20.5. The monoisotopic (exact) mass is 312 g/mol. The number of sulfone groups is 1. The Kier molecular flexibility index (Phi) is 4.46. The van der Waals surface area contributed by atoms with E-state index in [2.05, 4.69) is 20.6 Å². The summed E-state index contributed by atoms with van der Waals surface area (Å²) >= 11 is 0. The number of hydrogen-bond acceptors (Lipinski definition) is 6. The smallest absolute Gasteiger partial charge is 0.270 e. The van der Waals surface area contributed by atoms with Crippen molar-refractivity contribution in [1.82, 2.24) is 15.3 Å². The largest absolute Gasteiger partial charge is 0.368 e. The first-order valence-corrected chi connectivity index (χ1v) is 8.71. The standard InChI is InChI=1S/C13H20N4O3S/c1-8(2)14-12-6-11(15-9(3)16-12)13(18)17-10-4-5-21(19,20)7-10/h6,8,10H,4-5,7H2,1-3H3,(H,17,18)(H,14,15,16). The molecule has 1 amide bonds. The molecule has 1 aliphatic heterocycles. The fourth-order valence-electron chi connectivity index (χ4n) is 2.22. The Hall–Kier alpha value is -1.70. The maximum absolute atomic E-state index is 12.2. The lowest BCUT2D eigenvalue weighted by Crippen LogP contribution is -2.36. The molecular weight excluding hydrogens is 292 g/mol. The molecule has 8 heteroatoms. The van der Waals surface area contributed by atoms with Crippen molar-refractivity contribution in [2.45, 2.75) is 39.3 Å². The Morgan fingerprint density at radius 1 is 1.38 bits per heavy atom. The van der Waals surface area contributed by atoms with Gasteiger partial charge >= 0.3 is 0 Å². The molecule has 21 heavy (non-hydrogen) atoms. The summed E-state index contributed by atoms with van der Waals surface area (Å²) in [4.78, 5) is 20.5. The van der Waals surface area contributed by atoms with Crippen LogP contribution in [0.3, 0.4) is 0 Å². The fraction of sp³-hybridized carbons (Fsp3) is 0.615. The zero-order chi connectivity index (χ0) is 15.6. The lowest BCUT2D eigenvalue weighted by Gasteiger charge is -2.13. The van der Waals surface area contributed by atoms with E-state index in [1.54, 1.807) is 13.0 Å². The van der Waals surface area contributed by atoms with E-state index in [9.17, 15) is 13.2 Å². The highest BCUT2D eigenvalue weighted by molar-refractivity contribution is 7.91. The number of nitrogens with zero attached hydrogens (tertiary/aromatic N) is 2. The molecule has 0 radical (unpaired) electrons. The van der Waals surface area contributed by atoms with Gasteiger partial charge in [-0.3, -0.25) is 4.79 Å². The highest BCUT2D eigenvalue weighted by Gasteiger charge is 2.29. The lowest BCUT2D eigenvalue weighted by molar-refractivity contribution is 0.0935. The fourth-order valence-corrected chi connectivity index (χ4v) is 3.90. The van der Waals surface area contributed by atoms with E-state index in [1.165, 1.54) is 0 Å². The zero-order valence-corrected chi connectivity index (χ0v) is 13.2. The van der Waals surface area contributed by atoms with Gasteiger partial charge in [0.2, 0.25) is 0 Å². The van der Waals surface area contributed by atoms with Crippen LogP contribution in [0, 0.1) is 6.92 Å². The number of carbonyl (C=O) groups is 1. The third-order valence-corrected chi connectivity index (χ3v) is 4.84. The van der Waals surface area contributed by atoms with Crippen LogP contribution >= 0.6 is 0 Å². The Balaban J connectivity index is 2.10. The first-order chi connectivity index (χ1) is 9.75. The molecule has 2 N–H and O–H groups in total. The Labute approximate surface area is 124 Å². The Morgan fingerprint density at radius 3 is 2.67 bits per heavy atom. The van der Waals surface area contributed by atoms with Gasteiger partial charge in [0.15, 0.2) is 9.84 Å². The number of aryl methyl sites for hydroxylation is 1. The summed E-state index contributed by atoms with van der Waals surface area (Å²) < 4.78 is 22.8. The van der Waals surface area contributed by atoms with Crippen molar-refractivity contribution in [2.24, 2.45) is 0 Å². The van der Waals surface area contributed by atoms with Crippen molar-refractivity contribution >= 4 is 21.6 Å². The number of anilines is 1. The molecule has 1 fully saturated rings. The second-order valence-corrected chi connectivity index (χ2v) is 7.79. The molecule has 2 heterocycles. The molecular formula is C13H20N4O3S. The van der Waals surface area contributed by atoms with Gasteiger partial charge in [-0.25, -0.2) is 18.4 Å². The van der Waals surface area contributed by atoms with Crippen LogP contribution in [-0.2, 0) is 9.84 Å². The molecule has 116 valence electrons. The number of amides is 1. The SMILES string of the molecule is Cc1nc(NC(C)C)cc(C(=O)NC2CCS(=O)(=O)C2)n1. The maximum atomic E-state index is 12.2. The van der Waals surface area contributed by atoms with Gasteiger partial charge in [-0.2, -0.15) is 0 Å². The minimum atomic E-state index is -3.02. The van der Waals surface area contributed by atoms with Crippen molar-refractivity contribution in [1.29, 1.82) is 0 Å². The molecule has 0 aliphatic carbocycles. The molecule has 7 nitrogen and oxygen atoms in total. The number of rotatable bonds is 4. The lowest BCUT2D eigenvalue weighted by atomic mass is 10.2. The van der Waals surface area contributed by atoms with Gasteiger partial charge < -0.3 is 10.6 Å². The first kappa shape index (κ1) is 15.7. The molecule has 2 rings (SSSR count). The predicted molar refractivity (Wildman–Crippen MR) is 80.1 cm³/mol. The molecule has 1 unspecified atom stereocenters. The molecule has 0 spiro atoms. The van der Waals surface area contributed by atoms with E-state index in [0.29, 0.717) is 18.1 Å². The predicted octanol–water partition coefficient (Wildman–Crippen LogP) is 0.522. The highest BCUT2D eigenvalue weighted by atomic mass is 32.2. The van der Waals surface area contributed by atoms with Gasteiger partial charge in [0, 0.05) is 18.2 Å².